The molecule has 0 aromatic heterocycles. The second-order valence-corrected chi connectivity index (χ2v) is 5.18. The van der Waals surface area contributed by atoms with Crippen LogP contribution in [0.1, 0.15) is 15.9 Å². The van der Waals surface area contributed by atoms with E-state index in [4.69, 9.17) is 4.74 Å². The van der Waals surface area contributed by atoms with E-state index in [1.165, 1.54) is 0 Å². The number of halogens is 1. The fourth-order valence-electron chi connectivity index (χ4n) is 2.31. The highest BCUT2D eigenvalue weighted by Gasteiger charge is 2.60. The molecule has 0 bridgehead atoms. The lowest BCUT2D eigenvalue weighted by Gasteiger charge is -2.09. The Morgan fingerprint density at radius 3 is 2.21 bits per heavy atom. The summed E-state index contributed by atoms with van der Waals surface area (Å²) >= 11 is 3.47. The van der Waals surface area contributed by atoms with E-state index in [0.717, 1.165) is 5.56 Å². The molecular weight excluding hydrogens is 304 g/mol. The van der Waals surface area contributed by atoms with Crippen molar-refractivity contribution in [1.29, 1.82) is 0 Å². The fourth-order valence-corrected chi connectivity index (χ4v) is 3.06. The highest BCUT2D eigenvalue weighted by atomic mass is 79.9. The van der Waals surface area contributed by atoms with E-state index in [2.05, 4.69) is 15.9 Å². The van der Waals surface area contributed by atoms with Crippen LogP contribution in [0.15, 0.2) is 60.7 Å². The largest absolute Gasteiger partial charge is 0.351 e. The number of alkyl halides is 1. The zero-order valence-corrected chi connectivity index (χ0v) is 11.8. The lowest BCUT2D eigenvalue weighted by Crippen LogP contribution is -2.20. The summed E-state index contributed by atoms with van der Waals surface area (Å²) in [6.07, 6.45) is -0.392. The average Bonchev–Trinajstić information content (AvgIpc) is 3.24. The summed E-state index contributed by atoms with van der Waals surface area (Å²) in [6, 6.07) is 19.2. The first-order valence-corrected chi connectivity index (χ1v) is 7.28. The molecule has 0 aliphatic carbocycles. The number of ketones is 1. The van der Waals surface area contributed by atoms with Crippen LogP contribution in [0.25, 0.3) is 0 Å². The van der Waals surface area contributed by atoms with Crippen molar-refractivity contribution in [3.63, 3.8) is 0 Å². The van der Waals surface area contributed by atoms with Gasteiger partial charge in [0.1, 0.15) is 5.60 Å². The van der Waals surface area contributed by atoms with E-state index in [1.807, 2.05) is 60.7 Å². The third-order valence-corrected chi connectivity index (χ3v) is 4.28. The molecule has 3 heteroatoms. The minimum absolute atomic E-state index is 0.0453. The van der Waals surface area contributed by atoms with Crippen LogP contribution in [0.4, 0.5) is 0 Å². The fraction of sp³-hybridized carbons (Fsp3) is 0.188. The zero-order valence-electron chi connectivity index (χ0n) is 10.3. The first kappa shape index (κ1) is 12.6. The Morgan fingerprint density at radius 1 is 1.05 bits per heavy atom. The molecule has 0 amide bonds. The molecule has 1 aliphatic rings. The quantitative estimate of drug-likeness (QED) is 0.490. The molecule has 19 heavy (non-hydrogen) atoms. The van der Waals surface area contributed by atoms with Gasteiger partial charge >= 0.3 is 0 Å². The lowest BCUT2D eigenvalue weighted by atomic mass is 9.93. The molecule has 2 aromatic rings. The number of ether oxygens (including phenoxy) is 1. The second kappa shape index (κ2) is 4.91. The molecule has 1 heterocycles. The minimum atomic E-state index is -0.506. The van der Waals surface area contributed by atoms with Crippen molar-refractivity contribution in [2.24, 2.45) is 0 Å². The van der Waals surface area contributed by atoms with E-state index >= 15 is 0 Å². The normalized spacial score (nSPS) is 25.0. The molecule has 2 aromatic carbocycles. The number of hydrogen-bond acceptors (Lipinski definition) is 2. The highest BCUT2D eigenvalue weighted by Crippen LogP contribution is 2.48. The summed E-state index contributed by atoms with van der Waals surface area (Å²) in [4.78, 5) is 12.4. The van der Waals surface area contributed by atoms with Gasteiger partial charge in [-0.3, -0.25) is 4.79 Å². The first-order valence-electron chi connectivity index (χ1n) is 6.16. The predicted octanol–water partition coefficient (Wildman–Crippen LogP) is 3.56. The van der Waals surface area contributed by atoms with Crippen LogP contribution >= 0.6 is 15.9 Å². The zero-order chi connectivity index (χ0) is 13.3. The van der Waals surface area contributed by atoms with E-state index < -0.39 is 11.7 Å². The summed E-state index contributed by atoms with van der Waals surface area (Å²) in [5.74, 6) is 0.0453. The molecule has 1 saturated heterocycles. The second-order valence-electron chi connectivity index (χ2n) is 4.62. The van der Waals surface area contributed by atoms with Crippen LogP contribution in [0, 0.1) is 0 Å². The SMILES string of the molecule is O=C(c1ccccc1)[C@@H]1O[C@@]1(CBr)c1ccccc1. The Morgan fingerprint density at radius 2 is 1.63 bits per heavy atom. The Labute approximate surface area is 120 Å². The van der Waals surface area contributed by atoms with Crippen molar-refractivity contribution in [1.82, 2.24) is 0 Å². The minimum Gasteiger partial charge on any atom is -0.351 e. The van der Waals surface area contributed by atoms with Crippen LogP contribution in [-0.2, 0) is 10.3 Å². The van der Waals surface area contributed by atoms with Gasteiger partial charge in [0.05, 0.1) is 0 Å². The van der Waals surface area contributed by atoms with Gasteiger partial charge in [0.2, 0.25) is 0 Å². The maximum absolute atomic E-state index is 12.4. The van der Waals surface area contributed by atoms with Gasteiger partial charge in [-0.05, 0) is 5.56 Å². The maximum Gasteiger partial charge on any atom is 0.194 e. The number of hydrogen-bond donors (Lipinski definition) is 0. The molecule has 0 saturated carbocycles. The smallest absolute Gasteiger partial charge is 0.194 e. The Bertz CT molecular complexity index is 582. The summed E-state index contributed by atoms with van der Waals surface area (Å²) in [6.45, 7) is 0. The molecule has 96 valence electrons. The van der Waals surface area contributed by atoms with Gasteiger partial charge < -0.3 is 4.74 Å². The Hall–Kier alpha value is -1.45. The van der Waals surface area contributed by atoms with Crippen LogP contribution in [0.5, 0.6) is 0 Å². The van der Waals surface area contributed by atoms with E-state index in [9.17, 15) is 4.79 Å². The van der Waals surface area contributed by atoms with Crippen LogP contribution < -0.4 is 0 Å². The van der Waals surface area contributed by atoms with Crippen molar-refractivity contribution in [3.8, 4) is 0 Å². The third-order valence-electron chi connectivity index (χ3n) is 3.45. The molecule has 2 nitrogen and oxygen atoms in total. The summed E-state index contributed by atoms with van der Waals surface area (Å²) in [5.41, 5.74) is 1.24. The Kier molecular flexibility index (Phi) is 3.25. The van der Waals surface area contributed by atoms with Gasteiger partial charge in [-0.25, -0.2) is 0 Å². The van der Waals surface area contributed by atoms with Gasteiger partial charge in [-0.15, -0.1) is 0 Å². The van der Waals surface area contributed by atoms with Crippen molar-refractivity contribution in [3.05, 3.63) is 71.8 Å². The summed E-state index contributed by atoms with van der Waals surface area (Å²) in [7, 11) is 0. The molecule has 2 atom stereocenters. The molecule has 1 aliphatic heterocycles. The summed E-state index contributed by atoms with van der Waals surface area (Å²) in [5, 5.41) is 0.618. The number of carbonyl (C=O) groups excluding carboxylic acids is 1. The van der Waals surface area contributed by atoms with Crippen LogP contribution in [0.2, 0.25) is 0 Å². The van der Waals surface area contributed by atoms with E-state index in [0.29, 0.717) is 10.9 Å². The number of carbonyl (C=O) groups is 1. The molecule has 1 fully saturated rings. The van der Waals surface area contributed by atoms with Crippen LogP contribution in [-0.4, -0.2) is 17.2 Å². The number of benzene rings is 2. The third kappa shape index (κ3) is 2.13. The molecular formula is C16H13BrO2. The lowest BCUT2D eigenvalue weighted by molar-refractivity contribution is 0.0953. The highest BCUT2D eigenvalue weighted by molar-refractivity contribution is 9.09. The molecule has 0 spiro atoms. The first-order chi connectivity index (χ1) is 9.28. The maximum atomic E-state index is 12.4. The monoisotopic (exact) mass is 316 g/mol. The molecule has 0 unspecified atom stereocenters. The van der Waals surface area contributed by atoms with Crippen molar-refractivity contribution >= 4 is 21.7 Å². The summed E-state index contributed by atoms with van der Waals surface area (Å²) < 4.78 is 5.76. The standard InChI is InChI=1S/C16H13BrO2/c17-11-16(13-9-5-2-6-10-13)15(19-16)14(18)12-7-3-1-4-8-12/h1-10,15H,11H2/t15-,16-/m0/s1. The van der Waals surface area contributed by atoms with Gasteiger partial charge in [0.25, 0.3) is 0 Å². The van der Waals surface area contributed by atoms with Crippen molar-refractivity contribution in [2.75, 3.05) is 5.33 Å². The molecule has 0 radical (unpaired) electrons. The molecule has 3 rings (SSSR count). The van der Waals surface area contributed by atoms with Gasteiger partial charge in [-0.2, -0.15) is 0 Å². The molecule has 0 N–H and O–H groups in total. The number of Topliss-reactive ketones (excluding diaryl/α,β-unsaturated/α-hetero) is 1. The number of epoxide rings is 1. The van der Waals surface area contributed by atoms with Gasteiger partial charge in [0, 0.05) is 10.9 Å². The van der Waals surface area contributed by atoms with Gasteiger partial charge in [0.15, 0.2) is 11.9 Å². The Balaban J connectivity index is 1.88. The van der Waals surface area contributed by atoms with Gasteiger partial charge in [-0.1, -0.05) is 76.6 Å². The average molecular weight is 317 g/mol. The topological polar surface area (TPSA) is 29.6 Å². The predicted molar refractivity (Wildman–Crippen MR) is 77.6 cm³/mol. The van der Waals surface area contributed by atoms with Crippen molar-refractivity contribution < 1.29 is 9.53 Å². The number of rotatable bonds is 4. The van der Waals surface area contributed by atoms with Crippen molar-refractivity contribution in [2.45, 2.75) is 11.7 Å². The van der Waals surface area contributed by atoms with E-state index in [-0.39, 0.29) is 5.78 Å². The van der Waals surface area contributed by atoms with Crippen LogP contribution in [0.3, 0.4) is 0 Å². The van der Waals surface area contributed by atoms with E-state index in [1.54, 1.807) is 0 Å².